The van der Waals surface area contributed by atoms with E-state index in [1.807, 2.05) is 0 Å². The van der Waals surface area contributed by atoms with Gasteiger partial charge in [-0.15, -0.1) is 0 Å². The maximum atomic E-state index is 6.15. The molecule has 0 spiro atoms. The van der Waals surface area contributed by atoms with Crippen LogP contribution < -0.4 is 5.73 Å². The Hall–Kier alpha value is -0.0800. The zero-order valence-corrected chi connectivity index (χ0v) is 8.76. The first-order valence-corrected chi connectivity index (χ1v) is 5.73. The Bertz CT molecular complexity index is 175. The Labute approximate surface area is 81.5 Å². The van der Waals surface area contributed by atoms with Gasteiger partial charge >= 0.3 is 0 Å². The first kappa shape index (κ1) is 9.47. The Morgan fingerprint density at radius 3 is 2.85 bits per heavy atom. The summed E-state index contributed by atoms with van der Waals surface area (Å²) in [7, 11) is 0. The minimum Gasteiger partial charge on any atom is -0.325 e. The molecule has 76 valence electrons. The van der Waals surface area contributed by atoms with Crippen LogP contribution in [-0.2, 0) is 0 Å². The van der Waals surface area contributed by atoms with Gasteiger partial charge in [0.1, 0.15) is 0 Å². The Balaban J connectivity index is 1.78. The number of hydrogen-bond donors (Lipinski definition) is 1. The number of hydrogen-bond acceptors (Lipinski definition) is 2. The van der Waals surface area contributed by atoms with Gasteiger partial charge in [0.25, 0.3) is 0 Å². The Morgan fingerprint density at radius 2 is 2.23 bits per heavy atom. The molecule has 1 saturated heterocycles. The number of piperidine rings is 1. The van der Waals surface area contributed by atoms with Crippen molar-refractivity contribution < 1.29 is 0 Å². The van der Waals surface area contributed by atoms with E-state index in [0.717, 1.165) is 5.92 Å². The quantitative estimate of drug-likeness (QED) is 0.718. The van der Waals surface area contributed by atoms with Crippen LogP contribution in [0.25, 0.3) is 0 Å². The first-order valence-electron chi connectivity index (χ1n) is 5.73. The third kappa shape index (κ3) is 2.44. The molecule has 1 aliphatic carbocycles. The van der Waals surface area contributed by atoms with E-state index < -0.39 is 0 Å². The molecule has 0 aromatic heterocycles. The second-order valence-electron chi connectivity index (χ2n) is 4.97. The summed E-state index contributed by atoms with van der Waals surface area (Å²) in [5, 5.41) is 0. The smallest absolute Gasteiger partial charge is 0.0158 e. The van der Waals surface area contributed by atoms with Crippen molar-refractivity contribution in [3.63, 3.8) is 0 Å². The van der Waals surface area contributed by atoms with Crippen LogP contribution in [0.15, 0.2) is 0 Å². The zero-order valence-electron chi connectivity index (χ0n) is 8.76. The van der Waals surface area contributed by atoms with Gasteiger partial charge in [-0.25, -0.2) is 0 Å². The fourth-order valence-corrected chi connectivity index (χ4v) is 2.54. The second kappa shape index (κ2) is 3.58. The molecule has 1 unspecified atom stereocenters. The predicted molar refractivity (Wildman–Crippen MR) is 55.6 cm³/mol. The van der Waals surface area contributed by atoms with Gasteiger partial charge < -0.3 is 10.6 Å². The van der Waals surface area contributed by atoms with E-state index in [9.17, 15) is 0 Å². The highest BCUT2D eigenvalue weighted by molar-refractivity contribution is 5.00. The predicted octanol–water partition coefficient (Wildman–Crippen LogP) is 1.60. The number of rotatable bonds is 3. The maximum Gasteiger partial charge on any atom is 0.0158 e. The van der Waals surface area contributed by atoms with E-state index >= 15 is 0 Å². The molecule has 1 saturated carbocycles. The summed E-state index contributed by atoms with van der Waals surface area (Å²) >= 11 is 0. The number of nitrogens with zero attached hydrogens (tertiary/aromatic N) is 1. The molecular formula is C11H22N2. The summed E-state index contributed by atoms with van der Waals surface area (Å²) < 4.78 is 0. The SMILES string of the molecule is CCN1CCCC(CC2(N)CC2)C1. The molecule has 1 atom stereocenters. The van der Waals surface area contributed by atoms with Gasteiger partial charge in [0, 0.05) is 12.1 Å². The molecule has 2 rings (SSSR count). The van der Waals surface area contributed by atoms with Crippen molar-refractivity contribution in [1.82, 2.24) is 4.90 Å². The van der Waals surface area contributed by atoms with Crippen molar-refractivity contribution in [3.05, 3.63) is 0 Å². The molecule has 0 aromatic carbocycles. The van der Waals surface area contributed by atoms with Crippen molar-refractivity contribution in [2.75, 3.05) is 19.6 Å². The number of likely N-dealkylation sites (tertiary alicyclic amines) is 1. The summed E-state index contributed by atoms with van der Waals surface area (Å²) in [6.45, 7) is 6.09. The summed E-state index contributed by atoms with van der Waals surface area (Å²) in [5.41, 5.74) is 6.41. The van der Waals surface area contributed by atoms with Crippen LogP contribution in [0.5, 0.6) is 0 Å². The maximum absolute atomic E-state index is 6.15. The standard InChI is InChI=1S/C11H22N2/c1-2-13-7-3-4-10(9-13)8-11(12)5-6-11/h10H,2-9,12H2,1H3. The summed E-state index contributed by atoms with van der Waals surface area (Å²) in [6, 6.07) is 0. The van der Waals surface area contributed by atoms with Gasteiger partial charge in [-0.3, -0.25) is 0 Å². The average Bonchev–Trinajstić information content (AvgIpc) is 2.84. The molecule has 0 bridgehead atoms. The molecule has 13 heavy (non-hydrogen) atoms. The highest BCUT2D eigenvalue weighted by Crippen LogP contribution is 2.40. The van der Waals surface area contributed by atoms with E-state index in [1.165, 1.54) is 51.7 Å². The molecule has 2 heteroatoms. The van der Waals surface area contributed by atoms with E-state index in [4.69, 9.17) is 5.73 Å². The minimum atomic E-state index is 0.265. The highest BCUT2D eigenvalue weighted by atomic mass is 15.1. The molecule has 0 amide bonds. The van der Waals surface area contributed by atoms with Crippen molar-refractivity contribution in [2.24, 2.45) is 11.7 Å². The van der Waals surface area contributed by atoms with E-state index in [1.54, 1.807) is 0 Å². The lowest BCUT2D eigenvalue weighted by Gasteiger charge is -2.33. The van der Waals surface area contributed by atoms with Gasteiger partial charge in [-0.1, -0.05) is 6.92 Å². The van der Waals surface area contributed by atoms with Crippen LogP contribution in [0.2, 0.25) is 0 Å². The van der Waals surface area contributed by atoms with Gasteiger partial charge in [0.15, 0.2) is 0 Å². The second-order valence-corrected chi connectivity index (χ2v) is 4.97. The molecule has 2 nitrogen and oxygen atoms in total. The molecule has 2 aliphatic rings. The van der Waals surface area contributed by atoms with Gasteiger partial charge in [-0.05, 0) is 51.1 Å². The van der Waals surface area contributed by atoms with Crippen molar-refractivity contribution >= 4 is 0 Å². The van der Waals surface area contributed by atoms with E-state index in [2.05, 4.69) is 11.8 Å². The Morgan fingerprint density at radius 1 is 1.46 bits per heavy atom. The normalized spacial score (nSPS) is 33.2. The monoisotopic (exact) mass is 182 g/mol. The zero-order chi connectivity index (χ0) is 9.31. The summed E-state index contributed by atoms with van der Waals surface area (Å²) in [6.07, 6.45) is 6.62. The minimum absolute atomic E-state index is 0.265. The average molecular weight is 182 g/mol. The van der Waals surface area contributed by atoms with Crippen LogP contribution in [0.4, 0.5) is 0 Å². The fraction of sp³-hybridized carbons (Fsp3) is 1.00. The molecular weight excluding hydrogens is 160 g/mol. The molecule has 2 N–H and O–H groups in total. The molecule has 2 fully saturated rings. The van der Waals surface area contributed by atoms with Crippen LogP contribution in [0.3, 0.4) is 0 Å². The van der Waals surface area contributed by atoms with E-state index in [-0.39, 0.29) is 5.54 Å². The largest absolute Gasteiger partial charge is 0.325 e. The highest BCUT2D eigenvalue weighted by Gasteiger charge is 2.40. The van der Waals surface area contributed by atoms with Crippen LogP contribution in [-0.4, -0.2) is 30.1 Å². The lowest BCUT2D eigenvalue weighted by atomic mass is 9.90. The lowest BCUT2D eigenvalue weighted by Crippen LogP contribution is -2.38. The fourth-order valence-electron chi connectivity index (χ4n) is 2.54. The molecule has 0 aromatic rings. The van der Waals surface area contributed by atoms with E-state index in [0.29, 0.717) is 0 Å². The van der Waals surface area contributed by atoms with Crippen molar-refractivity contribution in [3.8, 4) is 0 Å². The Kier molecular flexibility index (Phi) is 2.61. The van der Waals surface area contributed by atoms with Crippen LogP contribution in [0.1, 0.15) is 39.0 Å². The molecule has 0 radical (unpaired) electrons. The first-order chi connectivity index (χ1) is 6.22. The summed E-state index contributed by atoms with van der Waals surface area (Å²) in [5.74, 6) is 0.890. The third-order valence-electron chi connectivity index (χ3n) is 3.64. The van der Waals surface area contributed by atoms with Crippen LogP contribution in [0, 0.1) is 5.92 Å². The molecule has 1 aliphatic heterocycles. The van der Waals surface area contributed by atoms with Crippen LogP contribution >= 0.6 is 0 Å². The lowest BCUT2D eigenvalue weighted by molar-refractivity contribution is 0.168. The topological polar surface area (TPSA) is 29.3 Å². The van der Waals surface area contributed by atoms with Gasteiger partial charge in [-0.2, -0.15) is 0 Å². The molecule has 1 heterocycles. The van der Waals surface area contributed by atoms with Crippen molar-refractivity contribution in [1.29, 1.82) is 0 Å². The third-order valence-corrected chi connectivity index (χ3v) is 3.64. The van der Waals surface area contributed by atoms with Gasteiger partial charge in [0.05, 0.1) is 0 Å². The number of nitrogens with two attached hydrogens (primary N) is 1. The summed E-state index contributed by atoms with van der Waals surface area (Å²) in [4.78, 5) is 2.57. The van der Waals surface area contributed by atoms with Gasteiger partial charge in [0.2, 0.25) is 0 Å². The van der Waals surface area contributed by atoms with Crippen molar-refractivity contribution in [2.45, 2.75) is 44.6 Å².